The first-order valence-corrected chi connectivity index (χ1v) is 9.01. The third-order valence-corrected chi connectivity index (χ3v) is 4.69. The van der Waals surface area contributed by atoms with E-state index in [1.54, 1.807) is 0 Å². The van der Waals surface area contributed by atoms with Gasteiger partial charge in [-0.1, -0.05) is 18.2 Å². The molecule has 5 heteroatoms. The van der Waals surface area contributed by atoms with E-state index in [9.17, 15) is 4.79 Å². The summed E-state index contributed by atoms with van der Waals surface area (Å²) in [6, 6.07) is 13.2. The summed E-state index contributed by atoms with van der Waals surface area (Å²) in [5, 5.41) is 3.32. The molecule has 1 heterocycles. The van der Waals surface area contributed by atoms with Crippen LogP contribution in [0.1, 0.15) is 19.4 Å². The van der Waals surface area contributed by atoms with E-state index in [1.807, 2.05) is 43.3 Å². The van der Waals surface area contributed by atoms with Crippen LogP contribution in [0.2, 0.25) is 0 Å². The molecule has 0 saturated heterocycles. The lowest BCUT2D eigenvalue weighted by Gasteiger charge is -2.23. The van der Waals surface area contributed by atoms with E-state index in [0.29, 0.717) is 16.8 Å². The van der Waals surface area contributed by atoms with Crippen LogP contribution in [0, 0.1) is 6.92 Å². The fraction of sp³-hybridized carbons (Fsp3) is 0.238. The van der Waals surface area contributed by atoms with Crippen LogP contribution in [0.3, 0.4) is 0 Å². The molecule has 4 nitrogen and oxygen atoms in total. The van der Waals surface area contributed by atoms with Crippen molar-refractivity contribution in [3.8, 4) is 11.1 Å². The Morgan fingerprint density at radius 3 is 2.42 bits per heavy atom. The number of hydrogen-bond acceptors (Lipinski definition) is 5. The quantitative estimate of drug-likeness (QED) is 0.348. The lowest BCUT2D eigenvalue weighted by atomic mass is 9.98. The first kappa shape index (κ1) is 18.1. The average Bonchev–Trinajstić information content (AvgIpc) is 2.64. The summed E-state index contributed by atoms with van der Waals surface area (Å²) in [6.45, 7) is 7.98. The van der Waals surface area contributed by atoms with E-state index in [0.717, 1.165) is 35.3 Å². The second-order valence-corrected chi connectivity index (χ2v) is 6.14. The van der Waals surface area contributed by atoms with Crippen molar-refractivity contribution < 1.29 is 4.42 Å². The third kappa shape index (κ3) is 3.19. The molecule has 0 amide bonds. The van der Waals surface area contributed by atoms with E-state index in [1.165, 1.54) is 0 Å². The highest BCUT2D eigenvalue weighted by molar-refractivity contribution is 7.78. The number of nitrogens with zero attached hydrogens (tertiary/aromatic N) is 2. The number of hydrogen-bond donors (Lipinski definition) is 0. The highest BCUT2D eigenvalue weighted by Gasteiger charge is 2.17. The van der Waals surface area contributed by atoms with Gasteiger partial charge in [-0.05, 0) is 68.4 Å². The van der Waals surface area contributed by atoms with Crippen LogP contribution in [0.25, 0.3) is 22.1 Å². The van der Waals surface area contributed by atoms with Crippen molar-refractivity contribution in [1.82, 2.24) is 0 Å². The number of aryl methyl sites for hydroxylation is 1. The fourth-order valence-corrected chi connectivity index (χ4v) is 3.43. The smallest absolute Gasteiger partial charge is 0.344 e. The van der Waals surface area contributed by atoms with Crippen molar-refractivity contribution in [2.45, 2.75) is 20.8 Å². The Bertz CT molecular complexity index is 1040. The molecule has 0 saturated carbocycles. The number of fused-ring (bicyclic) bond motifs is 1. The number of anilines is 1. The van der Waals surface area contributed by atoms with Gasteiger partial charge in [-0.25, -0.2) is 4.79 Å². The Labute approximate surface area is 157 Å². The number of rotatable bonds is 5. The third-order valence-electron chi connectivity index (χ3n) is 4.60. The molecule has 0 fully saturated rings. The highest BCUT2D eigenvalue weighted by atomic mass is 32.1. The molecule has 0 spiro atoms. The van der Waals surface area contributed by atoms with E-state index in [4.69, 9.17) is 4.42 Å². The Balaban J connectivity index is 2.28. The molecule has 26 heavy (non-hydrogen) atoms. The monoisotopic (exact) mass is 364 g/mol. The second kappa shape index (κ2) is 7.65. The first-order valence-electron chi connectivity index (χ1n) is 8.60. The van der Waals surface area contributed by atoms with Gasteiger partial charge in [-0.15, -0.1) is 0 Å². The van der Waals surface area contributed by atoms with Gasteiger partial charge in [-0.3, -0.25) is 0 Å². The van der Waals surface area contributed by atoms with E-state index in [2.05, 4.69) is 47.2 Å². The summed E-state index contributed by atoms with van der Waals surface area (Å²) in [7, 11) is 0. The lowest BCUT2D eigenvalue weighted by Crippen LogP contribution is -2.22. The SMILES string of the molecule is CCN(CC)c1cccc2oc(=O)c(-c3ccc(N=C=S)cc3)c(C)c12. The zero-order valence-corrected chi connectivity index (χ0v) is 15.9. The summed E-state index contributed by atoms with van der Waals surface area (Å²) in [5.74, 6) is 0. The number of isothiocyanates is 1. The number of thiocarbonyl (C=S) groups is 1. The largest absolute Gasteiger partial charge is 0.422 e. The standard InChI is InChI=1S/C21H20N2O2S/c1-4-23(5-2)17-7-6-8-18-20(17)14(3)19(21(24)25-18)15-9-11-16(12-10-15)22-13-26/h6-12H,4-5H2,1-3H3. The zero-order valence-electron chi connectivity index (χ0n) is 15.1. The number of aliphatic imine (C=N–C) groups is 1. The Hall–Kier alpha value is -2.75. The van der Waals surface area contributed by atoms with Gasteiger partial charge in [0.1, 0.15) is 5.58 Å². The van der Waals surface area contributed by atoms with Gasteiger partial charge < -0.3 is 9.32 Å². The topological polar surface area (TPSA) is 45.8 Å². The minimum atomic E-state index is -0.335. The van der Waals surface area contributed by atoms with Gasteiger partial charge in [-0.2, -0.15) is 4.99 Å². The summed E-state index contributed by atoms with van der Waals surface area (Å²) >= 11 is 4.63. The van der Waals surface area contributed by atoms with Gasteiger partial charge in [0.05, 0.1) is 16.4 Å². The summed E-state index contributed by atoms with van der Waals surface area (Å²) in [5.41, 5.74) is 4.36. The maximum Gasteiger partial charge on any atom is 0.344 e. The predicted octanol–water partition coefficient (Wildman–Crippen LogP) is 5.35. The minimum absolute atomic E-state index is 0.335. The van der Waals surface area contributed by atoms with Crippen molar-refractivity contribution >= 4 is 39.7 Å². The molecule has 0 aliphatic heterocycles. The van der Waals surface area contributed by atoms with Crippen LogP contribution in [-0.4, -0.2) is 18.3 Å². The molecule has 0 aliphatic rings. The molecule has 3 rings (SSSR count). The molecule has 0 atom stereocenters. The van der Waals surface area contributed by atoms with Crippen LogP contribution < -0.4 is 10.5 Å². The van der Waals surface area contributed by atoms with E-state index in [-0.39, 0.29) is 5.63 Å². The molecule has 0 aliphatic carbocycles. The van der Waals surface area contributed by atoms with Crippen LogP contribution in [-0.2, 0) is 0 Å². The molecule has 1 aromatic heterocycles. The van der Waals surface area contributed by atoms with Crippen molar-refractivity contribution in [2.24, 2.45) is 4.99 Å². The van der Waals surface area contributed by atoms with Gasteiger partial charge in [0.25, 0.3) is 0 Å². The van der Waals surface area contributed by atoms with E-state index < -0.39 is 0 Å². The summed E-state index contributed by atoms with van der Waals surface area (Å²) in [4.78, 5) is 18.9. The Kier molecular flexibility index (Phi) is 5.31. The number of benzene rings is 2. The molecule has 0 N–H and O–H groups in total. The fourth-order valence-electron chi connectivity index (χ4n) is 3.33. The van der Waals surface area contributed by atoms with E-state index >= 15 is 0 Å². The Morgan fingerprint density at radius 1 is 1.12 bits per heavy atom. The van der Waals surface area contributed by atoms with Crippen LogP contribution >= 0.6 is 12.2 Å². The minimum Gasteiger partial charge on any atom is -0.422 e. The normalized spacial score (nSPS) is 10.6. The lowest BCUT2D eigenvalue weighted by molar-refractivity contribution is 0.562. The zero-order chi connectivity index (χ0) is 18.7. The molecule has 2 aromatic carbocycles. The van der Waals surface area contributed by atoms with Crippen LogP contribution in [0.4, 0.5) is 11.4 Å². The summed E-state index contributed by atoms with van der Waals surface area (Å²) < 4.78 is 5.65. The van der Waals surface area contributed by atoms with Crippen molar-refractivity contribution in [3.63, 3.8) is 0 Å². The van der Waals surface area contributed by atoms with Gasteiger partial charge in [0.2, 0.25) is 0 Å². The Morgan fingerprint density at radius 2 is 1.81 bits per heavy atom. The molecule has 0 radical (unpaired) electrons. The predicted molar refractivity (Wildman–Crippen MR) is 111 cm³/mol. The second-order valence-electron chi connectivity index (χ2n) is 5.96. The molecular formula is C21H20N2O2S. The molecular weight excluding hydrogens is 344 g/mol. The van der Waals surface area contributed by atoms with Crippen LogP contribution in [0.5, 0.6) is 0 Å². The average molecular weight is 364 g/mol. The van der Waals surface area contributed by atoms with Crippen molar-refractivity contribution in [1.29, 1.82) is 0 Å². The van der Waals surface area contributed by atoms with Gasteiger partial charge in [0.15, 0.2) is 0 Å². The molecule has 0 unspecified atom stereocenters. The van der Waals surface area contributed by atoms with Crippen LogP contribution in [0.15, 0.2) is 56.7 Å². The van der Waals surface area contributed by atoms with Gasteiger partial charge >= 0.3 is 5.63 Å². The molecule has 3 aromatic rings. The van der Waals surface area contributed by atoms with Gasteiger partial charge in [0, 0.05) is 24.2 Å². The highest BCUT2D eigenvalue weighted by Crippen LogP contribution is 2.34. The summed E-state index contributed by atoms with van der Waals surface area (Å²) in [6.07, 6.45) is 0. The maximum absolute atomic E-state index is 12.7. The van der Waals surface area contributed by atoms with Crippen molar-refractivity contribution in [2.75, 3.05) is 18.0 Å². The maximum atomic E-state index is 12.7. The molecule has 132 valence electrons. The molecule has 0 bridgehead atoms. The van der Waals surface area contributed by atoms with Crippen molar-refractivity contribution in [3.05, 3.63) is 58.4 Å². The first-order chi connectivity index (χ1) is 12.6.